The van der Waals surface area contributed by atoms with E-state index in [1.807, 2.05) is 13.8 Å². The van der Waals surface area contributed by atoms with Gasteiger partial charge in [-0.3, -0.25) is 4.79 Å². The number of rotatable bonds is 4. The van der Waals surface area contributed by atoms with E-state index < -0.39 is 0 Å². The molecule has 0 atom stereocenters. The zero-order valence-electron chi connectivity index (χ0n) is 15.7. The number of nitrogens with one attached hydrogen (secondary N) is 1. The molecule has 142 valence electrons. The summed E-state index contributed by atoms with van der Waals surface area (Å²) >= 11 is 0. The van der Waals surface area contributed by atoms with E-state index in [2.05, 4.69) is 15.4 Å². The maximum absolute atomic E-state index is 13.4. The second kappa shape index (κ2) is 6.92. The van der Waals surface area contributed by atoms with E-state index in [0.29, 0.717) is 39.3 Å². The number of carbonyl (C=O) groups excluding carboxylic acids is 1. The van der Waals surface area contributed by atoms with Gasteiger partial charge in [-0.25, -0.2) is 14.1 Å². The first kappa shape index (κ1) is 17.9. The van der Waals surface area contributed by atoms with Crippen LogP contribution in [-0.2, 0) is 0 Å². The third-order valence-corrected chi connectivity index (χ3v) is 4.51. The van der Waals surface area contributed by atoms with Crippen molar-refractivity contribution in [2.24, 2.45) is 0 Å². The van der Waals surface area contributed by atoms with Crippen LogP contribution in [0.5, 0.6) is 0 Å². The van der Waals surface area contributed by atoms with E-state index in [-0.39, 0.29) is 17.8 Å². The molecule has 0 radical (unpaired) electrons. The fourth-order valence-corrected chi connectivity index (χ4v) is 3.09. The van der Waals surface area contributed by atoms with E-state index in [0.717, 1.165) is 0 Å². The van der Waals surface area contributed by atoms with Crippen molar-refractivity contribution in [2.45, 2.75) is 26.8 Å². The molecule has 1 aromatic carbocycles. The van der Waals surface area contributed by atoms with E-state index in [9.17, 15) is 9.18 Å². The predicted molar refractivity (Wildman–Crippen MR) is 105 cm³/mol. The van der Waals surface area contributed by atoms with Gasteiger partial charge in [0.15, 0.2) is 11.4 Å². The van der Waals surface area contributed by atoms with Gasteiger partial charge in [-0.05, 0) is 62.7 Å². The van der Waals surface area contributed by atoms with Gasteiger partial charge in [-0.2, -0.15) is 5.10 Å². The highest BCUT2D eigenvalue weighted by molar-refractivity contribution is 6.12. The highest BCUT2D eigenvalue weighted by Crippen LogP contribution is 2.27. The van der Waals surface area contributed by atoms with Crippen molar-refractivity contribution in [3.8, 4) is 11.5 Å². The van der Waals surface area contributed by atoms with E-state index >= 15 is 0 Å². The molecule has 0 aliphatic rings. The van der Waals surface area contributed by atoms with Gasteiger partial charge in [0.2, 0.25) is 0 Å². The molecule has 0 saturated heterocycles. The summed E-state index contributed by atoms with van der Waals surface area (Å²) in [5.74, 6) is -0.108. The Morgan fingerprint density at radius 2 is 2.07 bits per heavy atom. The molecule has 0 aliphatic carbocycles. The number of hydrogen-bond donors (Lipinski definition) is 1. The highest BCUT2D eigenvalue weighted by atomic mass is 19.1. The number of furan rings is 1. The fourth-order valence-electron chi connectivity index (χ4n) is 3.09. The number of benzene rings is 1. The molecule has 0 bridgehead atoms. The number of halogens is 1. The van der Waals surface area contributed by atoms with Crippen LogP contribution in [-0.4, -0.2) is 20.7 Å². The number of aromatic nitrogens is 3. The number of aryl methyl sites for hydroxylation is 1. The molecule has 4 aromatic rings. The molecule has 0 saturated carbocycles. The lowest BCUT2D eigenvalue weighted by Gasteiger charge is -2.11. The Bertz CT molecular complexity index is 1160. The Balaban J connectivity index is 1.83. The van der Waals surface area contributed by atoms with Gasteiger partial charge in [0.1, 0.15) is 11.5 Å². The van der Waals surface area contributed by atoms with Crippen molar-refractivity contribution >= 4 is 22.6 Å². The van der Waals surface area contributed by atoms with Crippen molar-refractivity contribution in [1.82, 2.24) is 14.8 Å². The Hall–Kier alpha value is -3.48. The van der Waals surface area contributed by atoms with Gasteiger partial charge < -0.3 is 9.73 Å². The van der Waals surface area contributed by atoms with Crippen LogP contribution in [0, 0.1) is 12.7 Å². The van der Waals surface area contributed by atoms with Crippen LogP contribution >= 0.6 is 0 Å². The molecule has 6 nitrogen and oxygen atoms in total. The SMILES string of the molecule is Cc1cc(F)ccc1NC(=O)c1cc(-c2ccco2)nc2c1cnn2C(C)C. The summed E-state index contributed by atoms with van der Waals surface area (Å²) in [6.07, 6.45) is 3.20. The van der Waals surface area contributed by atoms with Crippen LogP contribution in [0.25, 0.3) is 22.5 Å². The minimum absolute atomic E-state index is 0.0760. The van der Waals surface area contributed by atoms with Crippen molar-refractivity contribution < 1.29 is 13.6 Å². The van der Waals surface area contributed by atoms with Crippen LogP contribution < -0.4 is 5.32 Å². The van der Waals surface area contributed by atoms with E-state index in [1.54, 1.807) is 48.3 Å². The Labute approximate surface area is 161 Å². The minimum Gasteiger partial charge on any atom is -0.463 e. The molecular weight excluding hydrogens is 359 g/mol. The Kier molecular flexibility index (Phi) is 4.43. The molecule has 0 unspecified atom stereocenters. The highest BCUT2D eigenvalue weighted by Gasteiger charge is 2.20. The maximum atomic E-state index is 13.4. The number of hydrogen-bond acceptors (Lipinski definition) is 4. The zero-order chi connectivity index (χ0) is 19.8. The lowest BCUT2D eigenvalue weighted by Crippen LogP contribution is -2.14. The van der Waals surface area contributed by atoms with Crippen LogP contribution in [0.4, 0.5) is 10.1 Å². The first-order valence-electron chi connectivity index (χ1n) is 8.93. The van der Waals surface area contributed by atoms with Crippen molar-refractivity contribution in [1.29, 1.82) is 0 Å². The molecule has 0 fully saturated rings. The number of carbonyl (C=O) groups is 1. The Morgan fingerprint density at radius 1 is 1.25 bits per heavy atom. The summed E-state index contributed by atoms with van der Waals surface area (Å²) < 4.78 is 20.6. The normalized spacial score (nSPS) is 11.3. The first-order valence-corrected chi connectivity index (χ1v) is 8.93. The molecule has 1 amide bonds. The van der Waals surface area contributed by atoms with Crippen LogP contribution in [0.1, 0.15) is 35.8 Å². The van der Waals surface area contributed by atoms with Gasteiger partial charge in [0.05, 0.1) is 23.4 Å². The average Bonchev–Trinajstić information content (AvgIpc) is 3.32. The number of anilines is 1. The monoisotopic (exact) mass is 378 g/mol. The Morgan fingerprint density at radius 3 is 2.75 bits per heavy atom. The largest absolute Gasteiger partial charge is 0.463 e. The van der Waals surface area contributed by atoms with Crippen LogP contribution in [0.15, 0.2) is 53.3 Å². The van der Waals surface area contributed by atoms with Crippen LogP contribution in [0.2, 0.25) is 0 Å². The van der Waals surface area contributed by atoms with Gasteiger partial charge in [0.25, 0.3) is 5.91 Å². The molecule has 7 heteroatoms. The minimum atomic E-state index is -0.347. The number of pyridine rings is 1. The topological polar surface area (TPSA) is 73.0 Å². The quantitative estimate of drug-likeness (QED) is 0.544. The summed E-state index contributed by atoms with van der Waals surface area (Å²) in [6, 6.07) is 9.55. The summed E-state index contributed by atoms with van der Waals surface area (Å²) in [4.78, 5) is 17.7. The van der Waals surface area contributed by atoms with Crippen molar-refractivity contribution in [2.75, 3.05) is 5.32 Å². The number of nitrogens with zero attached hydrogens (tertiary/aromatic N) is 3. The third-order valence-electron chi connectivity index (χ3n) is 4.51. The summed E-state index contributed by atoms with van der Waals surface area (Å²) in [7, 11) is 0. The molecule has 3 aromatic heterocycles. The fraction of sp³-hybridized carbons (Fsp3) is 0.190. The van der Waals surface area contributed by atoms with Gasteiger partial charge >= 0.3 is 0 Å². The first-order chi connectivity index (χ1) is 13.4. The number of fused-ring (bicyclic) bond motifs is 1. The molecule has 3 heterocycles. The van der Waals surface area contributed by atoms with Gasteiger partial charge in [-0.1, -0.05) is 0 Å². The second-order valence-electron chi connectivity index (χ2n) is 6.87. The molecule has 0 spiro atoms. The predicted octanol–water partition coefficient (Wildman–Crippen LogP) is 4.97. The summed E-state index contributed by atoms with van der Waals surface area (Å²) in [5.41, 5.74) is 2.76. The lowest BCUT2D eigenvalue weighted by atomic mass is 10.1. The van der Waals surface area contributed by atoms with Crippen LogP contribution in [0.3, 0.4) is 0 Å². The van der Waals surface area contributed by atoms with Gasteiger partial charge in [-0.15, -0.1) is 0 Å². The number of amides is 1. The zero-order valence-corrected chi connectivity index (χ0v) is 15.7. The maximum Gasteiger partial charge on any atom is 0.256 e. The summed E-state index contributed by atoms with van der Waals surface area (Å²) in [5, 5.41) is 7.89. The van der Waals surface area contributed by atoms with Crippen molar-refractivity contribution in [3.63, 3.8) is 0 Å². The molecule has 1 N–H and O–H groups in total. The van der Waals surface area contributed by atoms with Crippen molar-refractivity contribution in [3.05, 3.63) is 65.8 Å². The van der Waals surface area contributed by atoms with E-state index in [1.165, 1.54) is 12.1 Å². The third kappa shape index (κ3) is 3.15. The summed E-state index contributed by atoms with van der Waals surface area (Å²) in [6.45, 7) is 5.73. The lowest BCUT2D eigenvalue weighted by molar-refractivity contribution is 0.102. The average molecular weight is 378 g/mol. The van der Waals surface area contributed by atoms with Gasteiger partial charge in [0, 0.05) is 11.7 Å². The smallest absolute Gasteiger partial charge is 0.256 e. The molecule has 28 heavy (non-hydrogen) atoms. The van der Waals surface area contributed by atoms with E-state index in [4.69, 9.17) is 4.42 Å². The standard InChI is InChI=1S/C21H19FN4O2/c1-12(2)26-20-16(11-23-26)15(10-18(24-20)19-5-4-8-28-19)21(27)25-17-7-6-14(22)9-13(17)3/h4-12H,1-3H3,(H,25,27). The second-order valence-corrected chi connectivity index (χ2v) is 6.87. The molecule has 4 rings (SSSR count). The molecule has 0 aliphatic heterocycles. The molecular formula is C21H19FN4O2.